The first-order valence-corrected chi connectivity index (χ1v) is 9.34. The van der Waals surface area contributed by atoms with Gasteiger partial charge in [0.2, 0.25) is 5.82 Å². The molecule has 8 nitrogen and oxygen atoms in total. The molecular weight excluding hydrogens is 398 g/mol. The zero-order valence-electron chi connectivity index (χ0n) is 17.1. The topological polar surface area (TPSA) is 109 Å². The molecule has 0 amide bonds. The Morgan fingerprint density at radius 2 is 1.87 bits per heavy atom. The number of pyridine rings is 1. The standard InChI is InChI=1S/C18H18F2N4O4.C2H6/c1-9-3-4-12(11(19)5-9)22-15-13-16(23(2)18(28)14(15)20)21-8-24(17(13)27)6-10(26)7-25;1-2/h3-5,8,10,22,25-26H,6-7H2,1-2H3;1-2H3. The van der Waals surface area contributed by atoms with Gasteiger partial charge < -0.3 is 15.5 Å². The van der Waals surface area contributed by atoms with Gasteiger partial charge in [-0.2, -0.15) is 4.39 Å². The molecule has 0 aliphatic carbocycles. The summed E-state index contributed by atoms with van der Waals surface area (Å²) in [6.45, 7) is 4.79. The number of hydrogen-bond donors (Lipinski definition) is 3. The molecule has 0 radical (unpaired) electrons. The lowest BCUT2D eigenvalue weighted by atomic mass is 10.2. The van der Waals surface area contributed by atoms with Crippen LogP contribution in [0.25, 0.3) is 11.0 Å². The van der Waals surface area contributed by atoms with Crippen molar-refractivity contribution >= 4 is 22.4 Å². The highest BCUT2D eigenvalue weighted by Crippen LogP contribution is 2.26. The van der Waals surface area contributed by atoms with E-state index in [0.717, 1.165) is 15.5 Å². The third kappa shape index (κ3) is 4.39. The number of halogens is 2. The van der Waals surface area contributed by atoms with E-state index >= 15 is 0 Å². The average Bonchev–Trinajstić information content (AvgIpc) is 2.74. The number of rotatable bonds is 5. The number of anilines is 2. The van der Waals surface area contributed by atoms with Crippen LogP contribution in [-0.4, -0.2) is 37.0 Å². The van der Waals surface area contributed by atoms with Crippen LogP contribution in [0, 0.1) is 18.6 Å². The predicted molar refractivity (Wildman–Crippen MR) is 110 cm³/mol. The van der Waals surface area contributed by atoms with E-state index in [4.69, 9.17) is 5.11 Å². The molecule has 0 spiro atoms. The molecule has 1 aromatic carbocycles. The molecule has 0 bridgehead atoms. The van der Waals surface area contributed by atoms with Crippen molar-refractivity contribution in [3.05, 3.63) is 62.4 Å². The van der Waals surface area contributed by atoms with Crippen LogP contribution in [0.15, 0.2) is 34.1 Å². The second-order valence-corrected chi connectivity index (χ2v) is 6.40. The van der Waals surface area contributed by atoms with E-state index in [1.807, 2.05) is 13.8 Å². The Hall–Kier alpha value is -3.11. The Kier molecular flexibility index (Phi) is 7.41. The van der Waals surface area contributed by atoms with E-state index in [1.54, 1.807) is 13.0 Å². The smallest absolute Gasteiger partial charge is 0.290 e. The van der Waals surface area contributed by atoms with Crippen LogP contribution >= 0.6 is 0 Å². The summed E-state index contributed by atoms with van der Waals surface area (Å²) in [5.41, 5.74) is -1.90. The molecule has 0 saturated heterocycles. The molecule has 2 aromatic heterocycles. The number of aliphatic hydroxyl groups is 2. The molecule has 162 valence electrons. The van der Waals surface area contributed by atoms with Crippen LogP contribution in [-0.2, 0) is 13.6 Å². The minimum Gasteiger partial charge on any atom is -0.394 e. The Morgan fingerprint density at radius 1 is 1.20 bits per heavy atom. The molecule has 1 atom stereocenters. The number of aliphatic hydroxyl groups excluding tert-OH is 2. The molecule has 10 heteroatoms. The quantitative estimate of drug-likeness (QED) is 0.579. The first kappa shape index (κ1) is 23.2. The number of aryl methyl sites for hydroxylation is 2. The molecule has 0 fully saturated rings. The van der Waals surface area contributed by atoms with Gasteiger partial charge in [-0.25, -0.2) is 9.37 Å². The highest BCUT2D eigenvalue weighted by molar-refractivity contribution is 5.90. The molecular formula is C20H24F2N4O4. The maximum Gasteiger partial charge on any atom is 0.290 e. The van der Waals surface area contributed by atoms with Gasteiger partial charge in [0, 0.05) is 7.05 Å². The van der Waals surface area contributed by atoms with Crippen LogP contribution in [0.1, 0.15) is 19.4 Å². The van der Waals surface area contributed by atoms with E-state index in [9.17, 15) is 23.5 Å². The zero-order chi connectivity index (χ0) is 22.6. The van der Waals surface area contributed by atoms with E-state index in [0.29, 0.717) is 5.56 Å². The number of benzene rings is 1. The number of fused-ring (bicyclic) bond motifs is 1. The van der Waals surface area contributed by atoms with Crippen molar-refractivity contribution in [3.63, 3.8) is 0 Å². The van der Waals surface area contributed by atoms with Gasteiger partial charge in [0.25, 0.3) is 11.1 Å². The lowest BCUT2D eigenvalue weighted by molar-refractivity contribution is 0.0802. The fraction of sp³-hybridized carbons (Fsp3) is 0.350. The number of aromatic nitrogens is 3. The Morgan fingerprint density at radius 3 is 2.47 bits per heavy atom. The number of nitrogens with zero attached hydrogens (tertiary/aromatic N) is 3. The third-order valence-electron chi connectivity index (χ3n) is 4.30. The fourth-order valence-corrected chi connectivity index (χ4v) is 2.80. The van der Waals surface area contributed by atoms with Gasteiger partial charge in [-0.05, 0) is 24.6 Å². The van der Waals surface area contributed by atoms with Crippen molar-refractivity contribution in [3.8, 4) is 0 Å². The van der Waals surface area contributed by atoms with Gasteiger partial charge in [-0.3, -0.25) is 18.7 Å². The maximum absolute atomic E-state index is 14.7. The molecule has 0 aliphatic rings. The van der Waals surface area contributed by atoms with Crippen LogP contribution < -0.4 is 16.4 Å². The van der Waals surface area contributed by atoms with Crippen molar-refractivity contribution in [2.24, 2.45) is 7.05 Å². The first-order chi connectivity index (χ1) is 14.2. The maximum atomic E-state index is 14.7. The summed E-state index contributed by atoms with van der Waals surface area (Å²) in [6, 6.07) is 4.16. The van der Waals surface area contributed by atoms with E-state index in [1.165, 1.54) is 19.2 Å². The molecule has 1 unspecified atom stereocenters. The summed E-state index contributed by atoms with van der Waals surface area (Å²) < 4.78 is 30.8. The minimum absolute atomic E-state index is 0.110. The van der Waals surface area contributed by atoms with Crippen molar-refractivity contribution in [1.82, 2.24) is 14.1 Å². The normalized spacial score (nSPS) is 11.7. The van der Waals surface area contributed by atoms with Gasteiger partial charge in [-0.1, -0.05) is 19.9 Å². The van der Waals surface area contributed by atoms with Gasteiger partial charge in [-0.15, -0.1) is 0 Å². The highest BCUT2D eigenvalue weighted by atomic mass is 19.1. The summed E-state index contributed by atoms with van der Waals surface area (Å²) >= 11 is 0. The van der Waals surface area contributed by atoms with Gasteiger partial charge in [0.15, 0.2) is 5.65 Å². The minimum atomic E-state index is -1.27. The van der Waals surface area contributed by atoms with Crippen LogP contribution in [0.2, 0.25) is 0 Å². The Balaban J connectivity index is 0.00000155. The van der Waals surface area contributed by atoms with Crippen molar-refractivity contribution in [2.45, 2.75) is 33.4 Å². The van der Waals surface area contributed by atoms with Gasteiger partial charge in [0.05, 0.1) is 30.6 Å². The van der Waals surface area contributed by atoms with Crippen LogP contribution in [0.4, 0.5) is 20.2 Å². The van der Waals surface area contributed by atoms with E-state index < -0.39 is 41.2 Å². The van der Waals surface area contributed by atoms with Crippen molar-refractivity contribution in [1.29, 1.82) is 0 Å². The molecule has 2 heterocycles. The molecule has 3 rings (SSSR count). The molecule has 0 saturated carbocycles. The van der Waals surface area contributed by atoms with Crippen LogP contribution in [0.5, 0.6) is 0 Å². The number of nitrogens with one attached hydrogen (secondary N) is 1. The number of hydrogen-bond acceptors (Lipinski definition) is 6. The highest BCUT2D eigenvalue weighted by Gasteiger charge is 2.21. The van der Waals surface area contributed by atoms with Crippen molar-refractivity contribution < 1.29 is 19.0 Å². The lowest BCUT2D eigenvalue weighted by Gasteiger charge is -2.15. The fourth-order valence-electron chi connectivity index (χ4n) is 2.80. The van der Waals surface area contributed by atoms with Gasteiger partial charge >= 0.3 is 0 Å². The Labute approximate surface area is 171 Å². The summed E-state index contributed by atoms with van der Waals surface area (Å²) in [4.78, 5) is 29.0. The van der Waals surface area contributed by atoms with E-state index in [2.05, 4.69) is 10.3 Å². The zero-order valence-corrected chi connectivity index (χ0v) is 17.1. The predicted octanol–water partition coefficient (Wildman–Crippen LogP) is 1.80. The summed E-state index contributed by atoms with van der Waals surface area (Å²) in [7, 11) is 1.25. The molecule has 0 aliphatic heterocycles. The Bertz CT molecular complexity index is 1170. The summed E-state index contributed by atoms with van der Waals surface area (Å²) in [6.07, 6.45) is -0.155. The molecule has 3 N–H and O–H groups in total. The van der Waals surface area contributed by atoms with Crippen molar-refractivity contribution in [2.75, 3.05) is 11.9 Å². The van der Waals surface area contributed by atoms with E-state index in [-0.39, 0.29) is 23.3 Å². The van der Waals surface area contributed by atoms with Gasteiger partial charge in [0.1, 0.15) is 17.5 Å². The largest absolute Gasteiger partial charge is 0.394 e. The summed E-state index contributed by atoms with van der Waals surface area (Å²) in [5.74, 6) is -1.96. The molecule has 3 aromatic rings. The average molecular weight is 422 g/mol. The second kappa shape index (κ2) is 9.59. The monoisotopic (exact) mass is 422 g/mol. The third-order valence-corrected chi connectivity index (χ3v) is 4.30. The van der Waals surface area contributed by atoms with Crippen LogP contribution in [0.3, 0.4) is 0 Å². The lowest BCUT2D eigenvalue weighted by Crippen LogP contribution is -2.32. The SMILES string of the molecule is CC.Cc1ccc(Nc2c(F)c(=O)n(C)c3ncn(CC(O)CO)c(=O)c23)c(F)c1. The molecule has 30 heavy (non-hydrogen) atoms. The first-order valence-electron chi connectivity index (χ1n) is 9.34. The summed E-state index contributed by atoms with van der Waals surface area (Å²) in [5, 5.41) is 20.8. The second-order valence-electron chi connectivity index (χ2n) is 6.40.